The summed E-state index contributed by atoms with van der Waals surface area (Å²) in [5.74, 6) is 0.696. The zero-order valence-electron chi connectivity index (χ0n) is 19.9. The van der Waals surface area contributed by atoms with Gasteiger partial charge < -0.3 is 16.5 Å². The number of allylic oxidation sites excluding steroid dienone is 1. The molecule has 0 aliphatic heterocycles. The van der Waals surface area contributed by atoms with Crippen molar-refractivity contribution in [3.63, 3.8) is 0 Å². The van der Waals surface area contributed by atoms with Gasteiger partial charge in [-0.1, -0.05) is 66.2 Å². The highest BCUT2D eigenvalue weighted by Crippen LogP contribution is 2.25. The normalized spacial score (nSPS) is 10.7. The Morgan fingerprint density at radius 3 is 2.28 bits per heavy atom. The van der Waals surface area contributed by atoms with Gasteiger partial charge in [0, 0.05) is 5.69 Å². The maximum Gasteiger partial charge on any atom is 0.156 e. The summed E-state index contributed by atoms with van der Waals surface area (Å²) >= 11 is 2.21. The van der Waals surface area contributed by atoms with E-state index < -0.39 is 0 Å². The summed E-state index contributed by atoms with van der Waals surface area (Å²) in [6, 6.07) is 13.4. The summed E-state index contributed by atoms with van der Waals surface area (Å²) in [5.41, 5.74) is 16.2. The van der Waals surface area contributed by atoms with Gasteiger partial charge >= 0.3 is 0 Å². The molecule has 0 spiro atoms. The number of nitrogens with one attached hydrogen (secondary N) is 1. The molecule has 0 aliphatic rings. The van der Waals surface area contributed by atoms with Crippen molar-refractivity contribution in [2.45, 2.75) is 48.0 Å². The predicted molar refractivity (Wildman–Crippen MR) is 153 cm³/mol. The summed E-state index contributed by atoms with van der Waals surface area (Å²) in [5, 5.41) is 0. The molecule has 3 rings (SSSR count). The van der Waals surface area contributed by atoms with E-state index in [-0.39, 0.29) is 0 Å². The van der Waals surface area contributed by atoms with Gasteiger partial charge in [-0.3, -0.25) is 4.76 Å². The molecule has 6 nitrogen and oxygen atoms in total. The molecule has 3 aromatic rings. The first-order valence-electron chi connectivity index (χ1n) is 10.8. The van der Waals surface area contributed by atoms with Gasteiger partial charge in [0.2, 0.25) is 0 Å². The van der Waals surface area contributed by atoms with Crippen LogP contribution in [0.2, 0.25) is 0 Å². The monoisotopic (exact) mass is 566 g/mol. The largest absolute Gasteiger partial charge is 0.405 e. The number of hydrogen-bond acceptors (Lipinski definition) is 5. The second kappa shape index (κ2) is 18.3. The van der Waals surface area contributed by atoms with E-state index in [4.69, 9.17) is 11.5 Å². The van der Waals surface area contributed by atoms with E-state index in [0.717, 1.165) is 34.0 Å². The maximum atomic E-state index is 5.73. The van der Waals surface area contributed by atoms with Crippen LogP contribution < -0.4 is 11.5 Å². The van der Waals surface area contributed by atoms with Crippen molar-refractivity contribution in [2.24, 2.45) is 10.5 Å². The number of aromatic nitrogens is 3. The van der Waals surface area contributed by atoms with E-state index in [1.807, 2.05) is 70.2 Å². The summed E-state index contributed by atoms with van der Waals surface area (Å²) < 4.78 is 4.44. The van der Waals surface area contributed by atoms with Crippen molar-refractivity contribution in [3.8, 4) is 22.8 Å². The molecule has 0 aliphatic carbocycles. The van der Waals surface area contributed by atoms with Gasteiger partial charge in [0.15, 0.2) is 5.82 Å². The summed E-state index contributed by atoms with van der Waals surface area (Å²) in [6.45, 7) is 12.2. The number of hydrogen-bond donors (Lipinski definition) is 3. The van der Waals surface area contributed by atoms with Crippen LogP contribution in [0.15, 0.2) is 65.7 Å². The quantitative estimate of drug-likeness (QED) is 0.130. The van der Waals surface area contributed by atoms with Crippen LogP contribution in [0.4, 0.5) is 5.69 Å². The van der Waals surface area contributed by atoms with E-state index in [1.165, 1.54) is 12.6 Å². The number of nitrogens with zero attached hydrogens (tertiary/aromatic N) is 3. The lowest BCUT2D eigenvalue weighted by atomic mass is 10.1. The minimum absolute atomic E-state index is 0.398. The maximum absolute atomic E-state index is 5.73. The van der Waals surface area contributed by atoms with Gasteiger partial charge in [0.25, 0.3) is 0 Å². The van der Waals surface area contributed by atoms with Crippen LogP contribution in [-0.2, 0) is 0 Å². The number of aromatic amines is 1. The fraction of sp³-hybridized carbons (Fsp3) is 0.292. The zero-order valence-corrected chi connectivity index (χ0v) is 23.0. The highest BCUT2D eigenvalue weighted by atomic mass is 127. The van der Waals surface area contributed by atoms with Crippen molar-refractivity contribution < 1.29 is 0 Å². The summed E-state index contributed by atoms with van der Waals surface area (Å²) in [7, 11) is 0. The molecule has 8 heteroatoms. The third-order valence-corrected chi connectivity index (χ3v) is 4.52. The molecule has 174 valence electrons. The van der Waals surface area contributed by atoms with Gasteiger partial charge in [-0.25, -0.2) is 9.97 Å². The topological polar surface area (TPSA) is 106 Å². The van der Waals surface area contributed by atoms with Crippen molar-refractivity contribution in [1.82, 2.24) is 15.0 Å². The molecule has 5 N–H and O–H groups in total. The first kappa shape index (κ1) is 29.8. The van der Waals surface area contributed by atoms with E-state index in [2.05, 4.69) is 55.6 Å². The van der Waals surface area contributed by atoms with Crippen LogP contribution in [0.3, 0.4) is 0 Å². The highest BCUT2D eigenvalue weighted by molar-refractivity contribution is 14.2. The van der Waals surface area contributed by atoms with Crippen LogP contribution in [0.1, 0.15) is 53.7 Å². The Kier molecular flexibility index (Phi) is 17.0. The number of imidazole rings is 1. The zero-order chi connectivity index (χ0) is 24.4. The van der Waals surface area contributed by atoms with Crippen LogP contribution in [-0.4, -0.2) is 20.7 Å². The molecule has 32 heavy (non-hydrogen) atoms. The Bertz CT molecular complexity index is 936. The van der Waals surface area contributed by atoms with Crippen LogP contribution in [0.5, 0.6) is 0 Å². The smallest absolute Gasteiger partial charge is 0.156 e. The number of benzene rings is 1. The lowest BCUT2D eigenvalue weighted by Crippen LogP contribution is -2.01. The number of H-pyrrole nitrogens is 1. The third-order valence-electron chi connectivity index (χ3n) is 3.47. The van der Waals surface area contributed by atoms with E-state index in [1.54, 1.807) is 12.3 Å². The van der Waals surface area contributed by atoms with E-state index in [0.29, 0.717) is 12.2 Å². The minimum Gasteiger partial charge on any atom is -0.405 e. The molecule has 0 fully saturated rings. The predicted octanol–water partition coefficient (Wildman–Crippen LogP) is 7.39. The molecule has 2 heterocycles. The van der Waals surface area contributed by atoms with Crippen LogP contribution >= 0.6 is 28.4 Å². The Hall–Kier alpha value is -2.25. The number of anilines is 1. The average molecular weight is 566 g/mol. The number of nitrogens with two attached hydrogens (primary N) is 2. The molecule has 0 saturated carbocycles. The van der Waals surface area contributed by atoms with Crippen LogP contribution in [0.25, 0.3) is 22.8 Å². The minimum atomic E-state index is 0.398. The molecule has 1 atom stereocenters. The second-order valence-corrected chi connectivity index (χ2v) is 7.66. The second-order valence-electron chi connectivity index (χ2n) is 5.82. The number of nitrogen functional groups attached to an aromatic ring is 1. The van der Waals surface area contributed by atoms with Crippen molar-refractivity contribution in [3.05, 3.63) is 66.6 Å². The standard InChI is InChI=1S/C17H16IN6P.C3H8.2C2H6/c18-25-24-14(8-9-19)13-2-1-3-15(22-13)17-21-10-16(23-17)11-4-6-12(20)7-5-11;1-3-2;2*1-2/h1-10,25H,19-20H2,(H,21,23);3H2,1-2H3;2*1-2H3/b9-8-,24-14-;;;. The molecule has 0 radical (unpaired) electrons. The summed E-state index contributed by atoms with van der Waals surface area (Å²) in [4.78, 5) is 12.4. The highest BCUT2D eigenvalue weighted by Gasteiger charge is 2.09. The molecule has 0 amide bonds. The molecule has 0 bridgehead atoms. The third kappa shape index (κ3) is 9.92. The number of halogens is 1. The van der Waals surface area contributed by atoms with Crippen molar-refractivity contribution in [1.29, 1.82) is 0 Å². The molecule has 2 aromatic heterocycles. The van der Waals surface area contributed by atoms with Gasteiger partial charge in [-0.15, -0.1) is 0 Å². The Morgan fingerprint density at radius 1 is 1.09 bits per heavy atom. The number of rotatable bonds is 5. The fourth-order valence-corrected chi connectivity index (χ4v) is 3.35. The molecule has 1 unspecified atom stereocenters. The van der Waals surface area contributed by atoms with Crippen LogP contribution in [0, 0.1) is 0 Å². The first-order valence-corrected chi connectivity index (χ1v) is 14.9. The van der Waals surface area contributed by atoms with Crippen molar-refractivity contribution >= 4 is 39.8 Å². The van der Waals surface area contributed by atoms with Gasteiger partial charge in [-0.2, -0.15) is 0 Å². The molecular weight excluding hydrogens is 530 g/mol. The Morgan fingerprint density at radius 2 is 1.72 bits per heavy atom. The lowest BCUT2D eigenvalue weighted by Gasteiger charge is -2.03. The average Bonchev–Trinajstić information content (AvgIpc) is 3.33. The number of pyridine rings is 1. The SMILES string of the molecule is CC.CC.CCC.N/C=C\C(=N\PI)c1cccc(-c2ncc(-c3ccc(N)cc3)[nH]2)n1. The van der Waals surface area contributed by atoms with Gasteiger partial charge in [0.1, 0.15) is 5.69 Å². The molecular formula is C24H36IN6P. The Balaban J connectivity index is 0.00000124. The molecule has 0 saturated heterocycles. The fourth-order valence-electron chi connectivity index (χ4n) is 2.29. The van der Waals surface area contributed by atoms with Gasteiger partial charge in [0.05, 0.1) is 29.7 Å². The van der Waals surface area contributed by atoms with E-state index in [9.17, 15) is 0 Å². The molecule has 1 aromatic carbocycles. The Labute approximate surface area is 207 Å². The first-order chi connectivity index (χ1) is 15.6. The van der Waals surface area contributed by atoms with Gasteiger partial charge in [-0.05, 0) is 64.1 Å². The summed E-state index contributed by atoms with van der Waals surface area (Å²) in [6.07, 6.45) is 6.65. The lowest BCUT2D eigenvalue weighted by molar-refractivity contribution is 1.09. The van der Waals surface area contributed by atoms with Crippen molar-refractivity contribution in [2.75, 3.05) is 5.73 Å². The van der Waals surface area contributed by atoms with E-state index >= 15 is 0 Å².